The van der Waals surface area contributed by atoms with E-state index in [-0.39, 0.29) is 5.56 Å². The number of hydrogen-bond donors (Lipinski definition) is 2. The number of carboxylic acids is 1. The fraction of sp³-hybridized carbons (Fsp3) is 0.133. The zero-order chi connectivity index (χ0) is 15.2. The van der Waals surface area contributed by atoms with Crippen LogP contribution in [-0.2, 0) is 5.72 Å². The highest BCUT2D eigenvalue weighted by atomic mass is 35.5. The first-order valence-electron chi connectivity index (χ1n) is 6.20. The van der Waals surface area contributed by atoms with Gasteiger partial charge in [0, 0.05) is 10.6 Å². The third-order valence-electron chi connectivity index (χ3n) is 3.38. The largest absolute Gasteiger partial charge is 0.478 e. The van der Waals surface area contributed by atoms with Crippen molar-refractivity contribution < 1.29 is 14.6 Å². The van der Waals surface area contributed by atoms with Gasteiger partial charge in [0.15, 0.2) is 0 Å². The molecule has 6 heteroatoms. The molecule has 0 aromatic heterocycles. The molecule has 0 amide bonds. The molecular weight excluding hydrogens is 313 g/mol. The van der Waals surface area contributed by atoms with E-state index in [4.69, 9.17) is 27.9 Å². The predicted molar refractivity (Wildman–Crippen MR) is 81.5 cm³/mol. The van der Waals surface area contributed by atoms with Gasteiger partial charge in [0.25, 0.3) is 0 Å². The van der Waals surface area contributed by atoms with Gasteiger partial charge in [-0.1, -0.05) is 35.3 Å². The number of nitrogens with one attached hydrogen (secondary N) is 1. The van der Waals surface area contributed by atoms with Crippen molar-refractivity contribution >= 4 is 34.9 Å². The van der Waals surface area contributed by atoms with E-state index >= 15 is 0 Å². The number of anilines is 1. The van der Waals surface area contributed by atoms with Crippen LogP contribution in [0.1, 0.15) is 22.8 Å². The summed E-state index contributed by atoms with van der Waals surface area (Å²) in [6, 6.07) is 9.95. The number of rotatable bonds is 2. The summed E-state index contributed by atoms with van der Waals surface area (Å²) < 4.78 is 5.89. The van der Waals surface area contributed by atoms with E-state index in [0.717, 1.165) is 0 Å². The smallest absolute Gasteiger partial charge is 0.337 e. The van der Waals surface area contributed by atoms with Gasteiger partial charge in [-0.15, -0.1) is 0 Å². The summed E-state index contributed by atoms with van der Waals surface area (Å²) in [7, 11) is 0. The molecule has 21 heavy (non-hydrogen) atoms. The first-order chi connectivity index (χ1) is 9.90. The van der Waals surface area contributed by atoms with Crippen LogP contribution in [0.5, 0.6) is 5.75 Å². The second kappa shape index (κ2) is 4.83. The van der Waals surface area contributed by atoms with Crippen LogP contribution < -0.4 is 10.1 Å². The molecule has 1 aliphatic rings. The first kappa shape index (κ1) is 14.0. The number of aromatic carboxylic acids is 1. The highest BCUT2D eigenvalue weighted by molar-refractivity contribution is 6.35. The number of para-hydroxylation sites is 1. The van der Waals surface area contributed by atoms with Crippen molar-refractivity contribution in [2.75, 3.05) is 5.32 Å². The SMILES string of the molecule is CC1(c2ccc(Cl)cc2Cl)Nc2c(cccc2C(=O)O)O1. The van der Waals surface area contributed by atoms with E-state index in [9.17, 15) is 9.90 Å². The molecule has 3 rings (SSSR count). The molecule has 0 fully saturated rings. The maximum atomic E-state index is 11.3. The van der Waals surface area contributed by atoms with Gasteiger partial charge in [-0.05, 0) is 31.2 Å². The fourth-order valence-electron chi connectivity index (χ4n) is 2.41. The Kier molecular flexibility index (Phi) is 3.23. The lowest BCUT2D eigenvalue weighted by Gasteiger charge is -2.26. The highest BCUT2D eigenvalue weighted by Crippen LogP contribution is 2.45. The van der Waals surface area contributed by atoms with Gasteiger partial charge < -0.3 is 15.2 Å². The minimum atomic E-state index is -1.02. The highest BCUT2D eigenvalue weighted by Gasteiger charge is 2.39. The fourth-order valence-corrected chi connectivity index (χ4v) is 2.99. The van der Waals surface area contributed by atoms with Gasteiger partial charge in [0.05, 0.1) is 16.3 Å². The third-order valence-corrected chi connectivity index (χ3v) is 3.93. The average molecular weight is 324 g/mol. The van der Waals surface area contributed by atoms with E-state index < -0.39 is 11.7 Å². The molecule has 0 saturated carbocycles. The molecule has 1 atom stereocenters. The van der Waals surface area contributed by atoms with Crippen LogP contribution in [0.3, 0.4) is 0 Å². The maximum Gasteiger partial charge on any atom is 0.337 e. The number of ether oxygens (including phenoxy) is 1. The van der Waals surface area contributed by atoms with Crippen molar-refractivity contribution in [3.8, 4) is 5.75 Å². The van der Waals surface area contributed by atoms with Crippen molar-refractivity contribution in [1.82, 2.24) is 0 Å². The number of fused-ring (bicyclic) bond motifs is 1. The van der Waals surface area contributed by atoms with Gasteiger partial charge in [0.2, 0.25) is 5.72 Å². The number of benzene rings is 2. The molecule has 0 spiro atoms. The summed E-state index contributed by atoms with van der Waals surface area (Å²) >= 11 is 12.1. The first-order valence-corrected chi connectivity index (χ1v) is 6.95. The molecule has 2 N–H and O–H groups in total. The van der Waals surface area contributed by atoms with E-state index in [1.54, 1.807) is 37.3 Å². The van der Waals surface area contributed by atoms with Crippen molar-refractivity contribution in [2.24, 2.45) is 0 Å². The molecule has 4 nitrogen and oxygen atoms in total. The Labute approximate surface area is 131 Å². The molecule has 1 aliphatic heterocycles. The zero-order valence-electron chi connectivity index (χ0n) is 11.0. The Morgan fingerprint density at radius 3 is 2.71 bits per heavy atom. The Balaban J connectivity index is 2.07. The minimum absolute atomic E-state index is 0.154. The maximum absolute atomic E-state index is 11.3. The average Bonchev–Trinajstić information content (AvgIpc) is 2.74. The standard InChI is InChI=1S/C15H11Cl2NO3/c1-15(10-6-5-8(16)7-11(10)17)18-13-9(14(19)20)3-2-4-12(13)21-15/h2-7,18H,1H3,(H,19,20). The Hall–Kier alpha value is -1.91. The third kappa shape index (κ3) is 2.30. The van der Waals surface area contributed by atoms with Crippen LogP contribution in [0.4, 0.5) is 5.69 Å². The number of carboxylic acid groups (broad SMARTS) is 1. The number of hydrogen-bond acceptors (Lipinski definition) is 3. The molecule has 108 valence electrons. The minimum Gasteiger partial charge on any atom is -0.478 e. The Morgan fingerprint density at radius 1 is 1.29 bits per heavy atom. The van der Waals surface area contributed by atoms with Crippen LogP contribution in [0.25, 0.3) is 0 Å². The van der Waals surface area contributed by atoms with Crippen LogP contribution in [0, 0.1) is 0 Å². The lowest BCUT2D eigenvalue weighted by Crippen LogP contribution is -2.33. The van der Waals surface area contributed by atoms with Crippen molar-refractivity contribution in [1.29, 1.82) is 0 Å². The van der Waals surface area contributed by atoms with Gasteiger partial charge in [-0.3, -0.25) is 0 Å². The van der Waals surface area contributed by atoms with E-state index in [2.05, 4.69) is 5.32 Å². The molecule has 1 heterocycles. The molecule has 1 unspecified atom stereocenters. The van der Waals surface area contributed by atoms with E-state index in [0.29, 0.717) is 27.0 Å². The Bertz CT molecular complexity index is 748. The summed E-state index contributed by atoms with van der Waals surface area (Å²) in [5.41, 5.74) is 0.330. The summed E-state index contributed by atoms with van der Waals surface area (Å²) in [6.07, 6.45) is 0. The van der Waals surface area contributed by atoms with Gasteiger partial charge in [-0.25, -0.2) is 4.79 Å². The summed E-state index contributed by atoms with van der Waals surface area (Å²) in [4.78, 5) is 11.3. The molecule has 2 aromatic carbocycles. The molecule has 2 aromatic rings. The van der Waals surface area contributed by atoms with Crippen molar-refractivity contribution in [2.45, 2.75) is 12.6 Å². The second-order valence-electron chi connectivity index (χ2n) is 4.87. The number of carbonyl (C=O) groups is 1. The predicted octanol–water partition coefficient (Wildman–Crippen LogP) is 4.37. The molecule has 0 saturated heterocycles. The van der Waals surface area contributed by atoms with Gasteiger partial charge >= 0.3 is 5.97 Å². The quantitative estimate of drug-likeness (QED) is 0.861. The molecule has 0 bridgehead atoms. The lowest BCUT2D eigenvalue weighted by atomic mass is 10.0. The van der Waals surface area contributed by atoms with Crippen LogP contribution in [-0.4, -0.2) is 11.1 Å². The zero-order valence-corrected chi connectivity index (χ0v) is 12.5. The number of halogens is 2. The monoisotopic (exact) mass is 323 g/mol. The second-order valence-corrected chi connectivity index (χ2v) is 5.71. The van der Waals surface area contributed by atoms with Crippen molar-refractivity contribution in [3.63, 3.8) is 0 Å². The topological polar surface area (TPSA) is 58.6 Å². The lowest BCUT2D eigenvalue weighted by molar-refractivity contribution is 0.0698. The van der Waals surface area contributed by atoms with E-state index in [1.807, 2.05) is 0 Å². The Morgan fingerprint density at radius 2 is 2.05 bits per heavy atom. The van der Waals surface area contributed by atoms with Crippen LogP contribution in [0.15, 0.2) is 36.4 Å². The van der Waals surface area contributed by atoms with Crippen molar-refractivity contribution in [3.05, 3.63) is 57.6 Å². The molecular formula is C15H11Cl2NO3. The van der Waals surface area contributed by atoms with Crippen LogP contribution in [0.2, 0.25) is 10.0 Å². The summed E-state index contributed by atoms with van der Waals surface area (Å²) in [6.45, 7) is 1.79. The molecule has 0 aliphatic carbocycles. The van der Waals surface area contributed by atoms with E-state index in [1.165, 1.54) is 6.07 Å². The van der Waals surface area contributed by atoms with Gasteiger partial charge in [0.1, 0.15) is 5.75 Å². The summed E-state index contributed by atoms with van der Waals surface area (Å²) in [5, 5.41) is 13.3. The van der Waals surface area contributed by atoms with Gasteiger partial charge in [-0.2, -0.15) is 0 Å². The molecule has 0 radical (unpaired) electrons. The van der Waals surface area contributed by atoms with Crippen LogP contribution >= 0.6 is 23.2 Å². The summed E-state index contributed by atoms with van der Waals surface area (Å²) in [5.74, 6) is -0.544. The normalized spacial score (nSPS) is 19.6.